The molecule has 144 valence electrons. The highest BCUT2D eigenvalue weighted by Crippen LogP contribution is 2.34. The van der Waals surface area contributed by atoms with E-state index in [4.69, 9.17) is 21.3 Å². The van der Waals surface area contributed by atoms with Gasteiger partial charge in [-0.15, -0.1) is 11.3 Å². The minimum Gasteiger partial charge on any atom is -0.618 e. The molecule has 6 nitrogen and oxygen atoms in total. The summed E-state index contributed by atoms with van der Waals surface area (Å²) in [6, 6.07) is 5.64. The van der Waals surface area contributed by atoms with Gasteiger partial charge in [-0.3, -0.25) is 0 Å². The Kier molecular flexibility index (Phi) is 4.45. The molecule has 0 N–H and O–H groups in total. The topological polar surface area (TPSA) is 66.9 Å². The van der Waals surface area contributed by atoms with Gasteiger partial charge < -0.3 is 14.5 Å². The Morgan fingerprint density at radius 1 is 1.43 bits per heavy atom. The number of fused-ring (bicyclic) bond motifs is 3. The van der Waals surface area contributed by atoms with E-state index in [2.05, 4.69) is 16.5 Å². The lowest BCUT2D eigenvalue weighted by molar-refractivity contribution is -0.575. The van der Waals surface area contributed by atoms with Crippen LogP contribution in [0, 0.1) is 5.21 Å². The van der Waals surface area contributed by atoms with Crippen LogP contribution in [-0.4, -0.2) is 27.2 Å². The van der Waals surface area contributed by atoms with Crippen molar-refractivity contribution in [3.05, 3.63) is 57.0 Å². The van der Waals surface area contributed by atoms with Gasteiger partial charge in [-0.25, -0.2) is 9.97 Å². The van der Waals surface area contributed by atoms with E-state index < -0.39 is 0 Å². The van der Waals surface area contributed by atoms with Gasteiger partial charge in [0, 0.05) is 35.5 Å². The second kappa shape index (κ2) is 6.99. The number of imidazole rings is 1. The van der Waals surface area contributed by atoms with Gasteiger partial charge in [0.25, 0.3) is 0 Å². The van der Waals surface area contributed by atoms with Gasteiger partial charge in [0.05, 0.1) is 28.2 Å². The summed E-state index contributed by atoms with van der Waals surface area (Å²) in [6.07, 6.45) is 4.20. The van der Waals surface area contributed by atoms with E-state index in [0.717, 1.165) is 40.0 Å². The molecule has 1 fully saturated rings. The Morgan fingerprint density at radius 2 is 2.32 bits per heavy atom. The van der Waals surface area contributed by atoms with E-state index in [0.29, 0.717) is 29.1 Å². The maximum Gasteiger partial charge on any atom is 0.226 e. The van der Waals surface area contributed by atoms with Gasteiger partial charge in [0.2, 0.25) is 11.7 Å². The molecule has 1 aliphatic rings. The summed E-state index contributed by atoms with van der Waals surface area (Å²) in [4.78, 5) is 9.28. The number of pyridine rings is 1. The molecule has 8 heteroatoms. The maximum atomic E-state index is 12.6. The largest absolute Gasteiger partial charge is 0.618 e. The molecule has 3 aromatic heterocycles. The molecule has 0 spiro atoms. The molecule has 0 saturated carbocycles. The standard InChI is InChI=1S/C20H19ClN4O2S/c1-12-6-15(4-5-27-12)25-19(8-14-10-28-11-22-14)23-17-9-24(26)18-3-2-13(21)7-16(18)20(17)25/h2-3,7,9-12,15H,4-6,8H2,1H3/t12-,15-/m1/s1. The normalized spacial score (nSPS) is 20.2. The van der Waals surface area contributed by atoms with E-state index in [-0.39, 0.29) is 12.1 Å². The van der Waals surface area contributed by atoms with Gasteiger partial charge in [0.1, 0.15) is 5.82 Å². The third kappa shape index (κ3) is 3.03. The van der Waals surface area contributed by atoms with Crippen molar-refractivity contribution < 1.29 is 9.47 Å². The zero-order chi connectivity index (χ0) is 19.3. The van der Waals surface area contributed by atoms with Crippen molar-refractivity contribution in [3.8, 4) is 0 Å². The summed E-state index contributed by atoms with van der Waals surface area (Å²) in [6.45, 7) is 2.82. The van der Waals surface area contributed by atoms with Crippen LogP contribution in [0.15, 0.2) is 35.3 Å². The van der Waals surface area contributed by atoms with E-state index in [1.807, 2.05) is 17.0 Å². The molecule has 28 heavy (non-hydrogen) atoms. The number of halogens is 1. The van der Waals surface area contributed by atoms with Crippen LogP contribution in [0.4, 0.5) is 0 Å². The van der Waals surface area contributed by atoms with E-state index >= 15 is 0 Å². The highest BCUT2D eigenvalue weighted by molar-refractivity contribution is 7.07. The summed E-state index contributed by atoms with van der Waals surface area (Å²) >= 11 is 7.86. The highest BCUT2D eigenvalue weighted by Gasteiger charge is 2.28. The number of thiazole rings is 1. The van der Waals surface area contributed by atoms with Gasteiger partial charge in [-0.05, 0) is 31.9 Å². The number of benzene rings is 1. The van der Waals surface area contributed by atoms with E-state index in [1.54, 1.807) is 29.7 Å². The zero-order valence-electron chi connectivity index (χ0n) is 15.3. The SMILES string of the molecule is C[C@@H]1C[C@H](n2c(Cc3cscn3)nc3c[n+]([O-])c4ccc(Cl)cc4c32)CCO1. The number of aromatic nitrogens is 4. The molecule has 1 aliphatic heterocycles. The Labute approximate surface area is 170 Å². The van der Waals surface area contributed by atoms with Crippen LogP contribution < -0.4 is 4.73 Å². The molecule has 0 radical (unpaired) electrons. The quantitative estimate of drug-likeness (QED) is 0.371. The first-order valence-corrected chi connectivity index (χ1v) is 10.6. The van der Waals surface area contributed by atoms with Crippen molar-refractivity contribution in [1.29, 1.82) is 0 Å². The maximum absolute atomic E-state index is 12.6. The van der Waals surface area contributed by atoms with E-state index in [9.17, 15) is 5.21 Å². The molecule has 0 unspecified atom stereocenters. The molecule has 5 rings (SSSR count). The molecule has 0 bridgehead atoms. The third-order valence-electron chi connectivity index (χ3n) is 5.35. The number of nitrogens with zero attached hydrogens (tertiary/aromatic N) is 4. The van der Waals surface area contributed by atoms with Gasteiger partial charge >= 0.3 is 0 Å². The summed E-state index contributed by atoms with van der Waals surface area (Å²) in [5, 5.41) is 16.0. The monoisotopic (exact) mass is 414 g/mol. The first-order chi connectivity index (χ1) is 13.6. The predicted molar refractivity (Wildman–Crippen MR) is 110 cm³/mol. The number of ether oxygens (including phenoxy) is 1. The number of hydrogen-bond acceptors (Lipinski definition) is 5. The average Bonchev–Trinajstić information content (AvgIpc) is 3.29. The molecule has 1 aromatic carbocycles. The fourth-order valence-corrected chi connectivity index (χ4v) is 4.87. The second-order valence-corrected chi connectivity index (χ2v) is 8.42. The smallest absolute Gasteiger partial charge is 0.226 e. The van der Waals surface area contributed by atoms with E-state index in [1.165, 1.54) is 0 Å². The fourth-order valence-electron chi connectivity index (χ4n) is 4.14. The molecule has 0 amide bonds. The molecular weight excluding hydrogens is 396 g/mol. The third-order valence-corrected chi connectivity index (χ3v) is 6.22. The molecule has 2 atom stereocenters. The lowest BCUT2D eigenvalue weighted by Crippen LogP contribution is -2.28. The minimum atomic E-state index is 0.186. The van der Waals surface area contributed by atoms with Crippen molar-refractivity contribution in [3.63, 3.8) is 0 Å². The van der Waals surface area contributed by atoms with Crippen LogP contribution in [0.3, 0.4) is 0 Å². The Bertz CT molecular complexity index is 1160. The van der Waals surface area contributed by atoms with Gasteiger partial charge in [0.15, 0.2) is 5.52 Å². The van der Waals surface area contributed by atoms with Crippen LogP contribution in [0.1, 0.15) is 37.3 Å². The van der Waals surface area contributed by atoms with Crippen LogP contribution in [0.2, 0.25) is 5.02 Å². The van der Waals surface area contributed by atoms with Crippen molar-refractivity contribution in [2.24, 2.45) is 0 Å². The molecular formula is C20H19ClN4O2S. The summed E-state index contributed by atoms with van der Waals surface area (Å²) in [7, 11) is 0. The first-order valence-electron chi connectivity index (χ1n) is 9.31. The minimum absolute atomic E-state index is 0.186. The first kappa shape index (κ1) is 17.8. The lowest BCUT2D eigenvalue weighted by atomic mass is 10.0. The lowest BCUT2D eigenvalue weighted by Gasteiger charge is -2.30. The summed E-state index contributed by atoms with van der Waals surface area (Å²) in [5.74, 6) is 0.924. The Morgan fingerprint density at radius 3 is 3.11 bits per heavy atom. The van der Waals surface area contributed by atoms with Crippen LogP contribution in [0.25, 0.3) is 21.9 Å². The van der Waals surface area contributed by atoms with Crippen molar-refractivity contribution in [1.82, 2.24) is 14.5 Å². The van der Waals surface area contributed by atoms with Crippen LogP contribution in [-0.2, 0) is 11.2 Å². The molecule has 4 aromatic rings. The Hall–Kier alpha value is -2.22. The second-order valence-electron chi connectivity index (χ2n) is 7.26. The molecule has 4 heterocycles. The van der Waals surface area contributed by atoms with Crippen molar-refractivity contribution in [2.75, 3.05) is 6.61 Å². The van der Waals surface area contributed by atoms with Crippen LogP contribution in [0.5, 0.6) is 0 Å². The fraction of sp³-hybridized carbons (Fsp3) is 0.350. The summed E-state index contributed by atoms with van der Waals surface area (Å²) in [5.41, 5.74) is 5.07. The van der Waals surface area contributed by atoms with Crippen molar-refractivity contribution in [2.45, 2.75) is 38.3 Å². The Balaban J connectivity index is 1.79. The zero-order valence-corrected chi connectivity index (χ0v) is 16.9. The molecule has 1 saturated heterocycles. The average molecular weight is 415 g/mol. The number of hydrogen-bond donors (Lipinski definition) is 0. The predicted octanol–water partition coefficient (Wildman–Crippen LogP) is 4.26. The van der Waals surface area contributed by atoms with Crippen molar-refractivity contribution >= 4 is 44.9 Å². The van der Waals surface area contributed by atoms with Gasteiger partial charge in [-0.2, -0.15) is 4.73 Å². The summed E-state index contributed by atoms with van der Waals surface area (Å²) < 4.78 is 8.95. The van der Waals surface area contributed by atoms with Gasteiger partial charge in [-0.1, -0.05) is 11.6 Å². The van der Waals surface area contributed by atoms with Crippen LogP contribution >= 0.6 is 22.9 Å². The molecule has 0 aliphatic carbocycles. The highest BCUT2D eigenvalue weighted by atomic mass is 35.5. The number of rotatable bonds is 3.